The molecule has 1 aliphatic heterocycles. The molecular formula is C16H21NO4S2. The summed E-state index contributed by atoms with van der Waals surface area (Å²) >= 11 is 3.13. The Morgan fingerprint density at radius 1 is 1.30 bits per heavy atom. The first-order chi connectivity index (χ1) is 11.0. The van der Waals surface area contributed by atoms with Crippen molar-refractivity contribution in [3.8, 4) is 5.75 Å². The van der Waals surface area contributed by atoms with Gasteiger partial charge in [0.1, 0.15) is 11.3 Å². The van der Waals surface area contributed by atoms with Gasteiger partial charge < -0.3 is 15.2 Å². The number of hydrogen-bond acceptors (Lipinski definition) is 5. The van der Waals surface area contributed by atoms with Crippen LogP contribution in [0.25, 0.3) is 0 Å². The fraction of sp³-hybridized carbons (Fsp3) is 0.500. The van der Waals surface area contributed by atoms with Gasteiger partial charge in [0.2, 0.25) is 5.91 Å². The zero-order valence-electron chi connectivity index (χ0n) is 13.2. The summed E-state index contributed by atoms with van der Waals surface area (Å²) in [5.74, 6) is 1.10. The van der Waals surface area contributed by atoms with E-state index in [1.807, 2.05) is 24.3 Å². The first kappa shape index (κ1) is 18.0. The van der Waals surface area contributed by atoms with Crippen LogP contribution in [0.3, 0.4) is 0 Å². The van der Waals surface area contributed by atoms with E-state index in [4.69, 9.17) is 4.74 Å². The summed E-state index contributed by atoms with van der Waals surface area (Å²) in [6, 6.07) is 7.45. The second kappa shape index (κ2) is 7.97. The van der Waals surface area contributed by atoms with Crippen molar-refractivity contribution in [3.63, 3.8) is 0 Å². The molecule has 0 aromatic heterocycles. The van der Waals surface area contributed by atoms with Crippen molar-refractivity contribution in [2.24, 2.45) is 0 Å². The molecule has 5 nitrogen and oxygen atoms in total. The van der Waals surface area contributed by atoms with Crippen molar-refractivity contribution in [1.29, 1.82) is 0 Å². The monoisotopic (exact) mass is 355 g/mol. The van der Waals surface area contributed by atoms with E-state index in [0.717, 1.165) is 22.2 Å². The zero-order chi connectivity index (χ0) is 16.9. The average molecular weight is 355 g/mol. The van der Waals surface area contributed by atoms with Crippen molar-refractivity contribution in [2.75, 3.05) is 18.6 Å². The van der Waals surface area contributed by atoms with Gasteiger partial charge in [0.15, 0.2) is 0 Å². The Balaban J connectivity index is 1.99. The van der Waals surface area contributed by atoms with E-state index in [1.165, 1.54) is 11.8 Å². The minimum absolute atomic E-state index is 0.236. The van der Waals surface area contributed by atoms with Crippen molar-refractivity contribution >= 4 is 35.4 Å². The van der Waals surface area contributed by atoms with Crippen molar-refractivity contribution in [1.82, 2.24) is 5.32 Å². The van der Waals surface area contributed by atoms with Crippen LogP contribution in [0.2, 0.25) is 0 Å². The van der Waals surface area contributed by atoms with Gasteiger partial charge in [-0.25, -0.2) is 4.79 Å². The summed E-state index contributed by atoms with van der Waals surface area (Å²) in [5, 5.41) is 11.9. The molecule has 0 radical (unpaired) electrons. The fourth-order valence-corrected chi connectivity index (χ4v) is 4.42. The highest BCUT2D eigenvalue weighted by molar-refractivity contribution is 8.00. The highest BCUT2D eigenvalue weighted by Gasteiger charge is 2.41. The molecule has 1 aromatic rings. The summed E-state index contributed by atoms with van der Waals surface area (Å²) in [4.78, 5) is 25.0. The molecule has 2 rings (SSSR count). The standard InChI is InChI=1S/C16H21NO4S2/c1-11(23-13-5-3-12(21-2)4-6-13)14(18)17-16(15(19)20)7-9-22-10-8-16/h3-6,11H,7-10H2,1-2H3,(H,17,18)(H,19,20). The minimum atomic E-state index is -1.11. The Bertz CT molecular complexity index is 556. The normalized spacial score (nSPS) is 18.0. The third-order valence-corrected chi connectivity index (χ3v) is 5.96. The number of benzene rings is 1. The molecule has 1 amide bonds. The lowest BCUT2D eigenvalue weighted by atomic mass is 9.92. The van der Waals surface area contributed by atoms with Gasteiger partial charge in [-0.05, 0) is 55.5 Å². The molecule has 0 saturated carbocycles. The van der Waals surface area contributed by atoms with Gasteiger partial charge in [-0.1, -0.05) is 0 Å². The molecule has 1 aliphatic rings. The maximum atomic E-state index is 12.4. The van der Waals surface area contributed by atoms with Crippen molar-refractivity contribution in [3.05, 3.63) is 24.3 Å². The molecule has 7 heteroatoms. The lowest BCUT2D eigenvalue weighted by Crippen LogP contribution is -2.58. The van der Waals surface area contributed by atoms with Crippen LogP contribution in [0.1, 0.15) is 19.8 Å². The Hall–Kier alpha value is -1.34. The number of ether oxygens (including phenoxy) is 1. The van der Waals surface area contributed by atoms with Gasteiger partial charge in [0, 0.05) is 4.90 Å². The number of thioether (sulfide) groups is 2. The third kappa shape index (κ3) is 4.57. The summed E-state index contributed by atoms with van der Waals surface area (Å²) in [6.45, 7) is 1.79. The molecule has 1 saturated heterocycles. The van der Waals surface area contributed by atoms with Crippen molar-refractivity contribution in [2.45, 2.75) is 35.4 Å². The lowest BCUT2D eigenvalue weighted by Gasteiger charge is -2.34. The number of hydrogen-bond donors (Lipinski definition) is 2. The number of carboxylic acids is 1. The topological polar surface area (TPSA) is 75.6 Å². The largest absolute Gasteiger partial charge is 0.497 e. The van der Waals surface area contributed by atoms with Gasteiger partial charge in [-0.15, -0.1) is 11.8 Å². The molecule has 1 unspecified atom stereocenters. The van der Waals surface area contributed by atoms with Crippen LogP contribution in [0, 0.1) is 0 Å². The Morgan fingerprint density at radius 2 is 1.91 bits per heavy atom. The molecule has 0 spiro atoms. The van der Waals surface area contributed by atoms with Crippen LogP contribution in [0.4, 0.5) is 0 Å². The highest BCUT2D eigenvalue weighted by Crippen LogP contribution is 2.30. The Labute approximate surface area is 144 Å². The van der Waals surface area contributed by atoms with E-state index in [-0.39, 0.29) is 11.2 Å². The molecule has 1 heterocycles. The summed E-state index contributed by atoms with van der Waals surface area (Å²) < 4.78 is 5.11. The maximum absolute atomic E-state index is 12.4. The lowest BCUT2D eigenvalue weighted by molar-refractivity contribution is -0.148. The molecule has 0 aliphatic carbocycles. The van der Waals surface area contributed by atoms with E-state index in [2.05, 4.69) is 5.32 Å². The van der Waals surface area contributed by atoms with Gasteiger partial charge in [-0.2, -0.15) is 11.8 Å². The second-order valence-electron chi connectivity index (χ2n) is 5.42. The first-order valence-corrected chi connectivity index (χ1v) is 9.44. The van der Waals surface area contributed by atoms with Gasteiger partial charge in [-0.3, -0.25) is 4.79 Å². The molecule has 23 heavy (non-hydrogen) atoms. The van der Waals surface area contributed by atoms with E-state index >= 15 is 0 Å². The van der Waals surface area contributed by atoms with Crippen LogP contribution in [-0.2, 0) is 9.59 Å². The van der Waals surface area contributed by atoms with E-state index in [0.29, 0.717) is 12.8 Å². The van der Waals surface area contributed by atoms with E-state index in [9.17, 15) is 14.7 Å². The van der Waals surface area contributed by atoms with Crippen LogP contribution in [-0.4, -0.2) is 46.4 Å². The molecule has 126 valence electrons. The van der Waals surface area contributed by atoms with E-state index in [1.54, 1.807) is 25.8 Å². The summed E-state index contributed by atoms with van der Waals surface area (Å²) in [7, 11) is 1.60. The SMILES string of the molecule is COc1ccc(SC(C)C(=O)NC2(C(=O)O)CCSCC2)cc1. The molecule has 1 aromatic carbocycles. The maximum Gasteiger partial charge on any atom is 0.329 e. The highest BCUT2D eigenvalue weighted by atomic mass is 32.2. The molecule has 0 bridgehead atoms. The number of nitrogens with one attached hydrogen (secondary N) is 1. The molecular weight excluding hydrogens is 334 g/mol. The van der Waals surface area contributed by atoms with Crippen molar-refractivity contribution < 1.29 is 19.4 Å². The number of aliphatic carboxylic acids is 1. The third-order valence-electron chi connectivity index (χ3n) is 3.86. The number of rotatable bonds is 6. The zero-order valence-corrected chi connectivity index (χ0v) is 14.8. The van der Waals surface area contributed by atoms with Crippen LogP contribution < -0.4 is 10.1 Å². The summed E-state index contributed by atoms with van der Waals surface area (Å²) in [6.07, 6.45) is 0.942. The average Bonchev–Trinajstić information content (AvgIpc) is 2.56. The second-order valence-corrected chi connectivity index (χ2v) is 8.06. The van der Waals surface area contributed by atoms with Gasteiger partial charge in [0.25, 0.3) is 0 Å². The Kier molecular flexibility index (Phi) is 6.24. The van der Waals surface area contributed by atoms with Gasteiger partial charge >= 0.3 is 5.97 Å². The minimum Gasteiger partial charge on any atom is -0.497 e. The number of carbonyl (C=O) groups excluding carboxylic acids is 1. The predicted molar refractivity (Wildman–Crippen MR) is 93.4 cm³/mol. The molecule has 1 atom stereocenters. The first-order valence-electron chi connectivity index (χ1n) is 7.41. The predicted octanol–water partition coefficient (Wildman–Crippen LogP) is 2.64. The quantitative estimate of drug-likeness (QED) is 0.764. The molecule has 2 N–H and O–H groups in total. The number of amides is 1. The number of carbonyl (C=O) groups is 2. The number of carboxylic acid groups (broad SMARTS) is 1. The molecule has 1 fully saturated rings. The van der Waals surface area contributed by atoms with E-state index < -0.39 is 11.5 Å². The smallest absolute Gasteiger partial charge is 0.329 e. The van der Waals surface area contributed by atoms with Gasteiger partial charge in [0.05, 0.1) is 12.4 Å². The number of methoxy groups -OCH3 is 1. The van der Waals surface area contributed by atoms with Crippen LogP contribution >= 0.6 is 23.5 Å². The fourth-order valence-electron chi connectivity index (χ4n) is 2.36. The van der Waals surface area contributed by atoms with Crippen LogP contribution in [0.5, 0.6) is 5.75 Å². The Morgan fingerprint density at radius 3 is 2.43 bits per heavy atom. The van der Waals surface area contributed by atoms with Crippen LogP contribution in [0.15, 0.2) is 29.2 Å². The summed E-state index contributed by atoms with van der Waals surface area (Å²) in [5.41, 5.74) is -1.11.